The Kier molecular flexibility index (Phi) is 10.1. The summed E-state index contributed by atoms with van der Waals surface area (Å²) in [4.78, 5) is 5.15. The van der Waals surface area contributed by atoms with E-state index in [0.29, 0.717) is 0 Å². The zero-order valence-corrected chi connectivity index (χ0v) is 46.5. The summed E-state index contributed by atoms with van der Waals surface area (Å²) >= 11 is 1.89. The Bertz CT molecular complexity index is 4750. The van der Waals surface area contributed by atoms with Gasteiger partial charge in [0.1, 0.15) is 11.5 Å². The second-order valence-corrected chi connectivity index (χ2v) is 24.0. The molecule has 392 valence electrons. The maximum absolute atomic E-state index is 6.84. The predicted octanol–water partition coefficient (Wildman–Crippen LogP) is 20.5. The number of benzene rings is 13. The lowest BCUT2D eigenvalue weighted by Gasteiger charge is -2.40. The van der Waals surface area contributed by atoms with E-state index in [0.717, 1.165) is 50.8 Å². The molecule has 0 atom stereocenters. The highest BCUT2D eigenvalue weighted by Crippen LogP contribution is 2.66. The van der Waals surface area contributed by atoms with Crippen LogP contribution in [-0.2, 0) is 16.2 Å². The minimum Gasteiger partial charge on any atom is -0.457 e. The molecule has 2 nitrogen and oxygen atoms in total. The van der Waals surface area contributed by atoms with E-state index >= 15 is 0 Å². The summed E-state index contributed by atoms with van der Waals surface area (Å²) in [6.45, 7) is 0. The topological polar surface area (TPSA) is 12.5 Å². The number of nitrogens with zero attached hydrogens (tertiary/aromatic N) is 1. The summed E-state index contributed by atoms with van der Waals surface area (Å²) in [7, 11) is 0. The van der Waals surface area contributed by atoms with E-state index in [1.165, 1.54) is 98.8 Å². The number of rotatable bonds is 6. The number of fused-ring (bicyclic) bond motifs is 21. The van der Waals surface area contributed by atoms with Crippen LogP contribution in [0.15, 0.2) is 319 Å². The number of hydrogen-bond donors (Lipinski definition) is 0. The normalized spacial score (nSPS) is 14.8. The highest BCUT2D eigenvalue weighted by atomic mass is 32.2. The van der Waals surface area contributed by atoms with E-state index in [1.54, 1.807) is 0 Å². The van der Waals surface area contributed by atoms with Crippen LogP contribution < -0.4 is 9.64 Å². The minimum atomic E-state index is -0.649. The molecule has 0 amide bonds. The number of anilines is 3. The average molecular weight is 1090 g/mol. The molecule has 2 spiro atoms. The SMILES string of the molecule is c1ccc(C2(c3ccccc3)c3ccccc3-c3ccc(-c4cccc(N(c5ccc6c(c5)C5(c7ccccc7Sc7ccccc75)c5ccccc5-6)c5cccc6c5-c5ccccc5C65c6ccccc6Oc6ccccc65)c4)cc32)cc1. The van der Waals surface area contributed by atoms with Gasteiger partial charge in [-0.2, -0.15) is 0 Å². The first-order valence-corrected chi connectivity index (χ1v) is 30.0. The van der Waals surface area contributed by atoms with Crippen LogP contribution >= 0.6 is 11.8 Å². The molecule has 18 rings (SSSR count). The van der Waals surface area contributed by atoms with Crippen LogP contribution in [-0.4, -0.2) is 0 Å². The summed E-state index contributed by atoms with van der Waals surface area (Å²) in [5, 5.41) is 0. The maximum Gasteiger partial charge on any atom is 0.132 e. The molecule has 84 heavy (non-hydrogen) atoms. The molecular formula is C81H51NOS. The lowest BCUT2D eigenvalue weighted by atomic mass is 9.66. The monoisotopic (exact) mass is 1090 g/mol. The van der Waals surface area contributed by atoms with E-state index < -0.39 is 16.2 Å². The zero-order valence-electron chi connectivity index (χ0n) is 45.7. The van der Waals surface area contributed by atoms with Crippen LogP contribution in [0.1, 0.15) is 66.8 Å². The first kappa shape index (κ1) is 47.4. The molecule has 13 aromatic rings. The van der Waals surface area contributed by atoms with Gasteiger partial charge in [0.15, 0.2) is 0 Å². The number of hydrogen-bond acceptors (Lipinski definition) is 3. The van der Waals surface area contributed by atoms with Crippen LogP contribution in [0.3, 0.4) is 0 Å². The van der Waals surface area contributed by atoms with Gasteiger partial charge in [-0.15, -0.1) is 0 Å². The summed E-state index contributed by atoms with van der Waals surface area (Å²) < 4.78 is 6.84. The van der Waals surface area contributed by atoms with Crippen molar-refractivity contribution >= 4 is 28.8 Å². The molecule has 2 aliphatic heterocycles. The highest BCUT2D eigenvalue weighted by Gasteiger charge is 2.54. The summed E-state index contributed by atoms with van der Waals surface area (Å²) in [6, 6.07) is 116. The maximum atomic E-state index is 6.84. The van der Waals surface area contributed by atoms with Crippen LogP contribution in [0.2, 0.25) is 0 Å². The quantitative estimate of drug-likeness (QED) is 0.165. The van der Waals surface area contributed by atoms with Crippen molar-refractivity contribution in [3.63, 3.8) is 0 Å². The van der Waals surface area contributed by atoms with Crippen molar-refractivity contribution in [3.05, 3.63) is 376 Å². The fraction of sp³-hybridized carbons (Fsp3) is 0.0370. The lowest BCUT2D eigenvalue weighted by Crippen LogP contribution is -2.32. The Labute approximate surface area is 493 Å². The number of para-hydroxylation sites is 2. The fourth-order valence-corrected chi connectivity index (χ4v) is 17.1. The van der Waals surface area contributed by atoms with Crippen molar-refractivity contribution in [1.29, 1.82) is 0 Å². The van der Waals surface area contributed by atoms with Crippen LogP contribution in [0, 0.1) is 0 Å². The van der Waals surface area contributed by atoms with E-state index in [4.69, 9.17) is 4.74 Å². The Morgan fingerprint density at radius 1 is 0.262 bits per heavy atom. The van der Waals surface area contributed by atoms with Gasteiger partial charge in [-0.25, -0.2) is 0 Å². The second kappa shape index (κ2) is 17.9. The Balaban J connectivity index is 0.906. The smallest absolute Gasteiger partial charge is 0.132 e. The van der Waals surface area contributed by atoms with Gasteiger partial charge in [0.2, 0.25) is 0 Å². The molecule has 0 unspecified atom stereocenters. The van der Waals surface area contributed by atoms with Crippen LogP contribution in [0.25, 0.3) is 44.5 Å². The van der Waals surface area contributed by atoms with Crippen molar-refractivity contribution in [3.8, 4) is 56.0 Å². The van der Waals surface area contributed by atoms with Gasteiger partial charge in [0.05, 0.1) is 21.9 Å². The minimum absolute atomic E-state index is 0.531. The molecule has 3 heteroatoms. The van der Waals surface area contributed by atoms with E-state index in [9.17, 15) is 0 Å². The third kappa shape index (κ3) is 6.21. The molecule has 0 N–H and O–H groups in total. The molecule has 0 bridgehead atoms. The molecule has 0 saturated heterocycles. The standard InChI is InChI=1S/C81H51NOS/c1-3-24-54(25-4-1)79(55-26-5-2-6-27-55)63-32-10-7-29-58(63)60-47-45-53(50-71(60)79)52-23-21-28-56(49-52)82(57-46-48-61-59-30-8-11-33-64(59)81(72(61)51-57)68-37-15-19-43-76(68)84-77-44-20-16-38-69(77)81)73-40-22-39-70-78(73)62-31-9-12-34-65(62)80(70)66-35-13-17-41-74(66)83-75-42-18-14-36-67(75)80/h1-51H. The van der Waals surface area contributed by atoms with Gasteiger partial charge >= 0.3 is 0 Å². The van der Waals surface area contributed by atoms with Gasteiger partial charge in [-0.1, -0.05) is 260 Å². The highest BCUT2D eigenvalue weighted by molar-refractivity contribution is 7.99. The number of ether oxygens (including phenoxy) is 1. The van der Waals surface area contributed by atoms with E-state index in [-0.39, 0.29) is 0 Å². The summed E-state index contributed by atoms with van der Waals surface area (Å²) in [5.41, 5.74) is 26.4. The van der Waals surface area contributed by atoms with Gasteiger partial charge in [-0.05, 0) is 155 Å². The Morgan fingerprint density at radius 3 is 1.32 bits per heavy atom. The van der Waals surface area contributed by atoms with Gasteiger partial charge in [0, 0.05) is 37.9 Å². The Morgan fingerprint density at radius 2 is 0.690 bits per heavy atom. The largest absolute Gasteiger partial charge is 0.457 e. The van der Waals surface area contributed by atoms with Gasteiger partial charge in [0.25, 0.3) is 0 Å². The third-order valence-corrected chi connectivity index (χ3v) is 20.2. The van der Waals surface area contributed by atoms with Crippen molar-refractivity contribution in [2.24, 2.45) is 0 Å². The molecule has 5 aliphatic rings. The fourth-order valence-electron chi connectivity index (χ4n) is 15.9. The molecule has 2 heterocycles. The van der Waals surface area contributed by atoms with Crippen LogP contribution in [0.4, 0.5) is 17.1 Å². The van der Waals surface area contributed by atoms with E-state index in [1.807, 2.05) is 11.8 Å². The Hall–Kier alpha value is -10.2. The van der Waals surface area contributed by atoms with Crippen molar-refractivity contribution in [2.75, 3.05) is 4.90 Å². The molecule has 3 aliphatic carbocycles. The molecule has 0 aromatic heterocycles. The second-order valence-electron chi connectivity index (χ2n) is 22.9. The average Bonchev–Trinajstić information content (AvgIpc) is 2.10. The molecule has 13 aromatic carbocycles. The van der Waals surface area contributed by atoms with Crippen LogP contribution in [0.5, 0.6) is 11.5 Å². The molecule has 0 fully saturated rings. The van der Waals surface area contributed by atoms with E-state index in [2.05, 4.69) is 314 Å². The van der Waals surface area contributed by atoms with Crippen molar-refractivity contribution < 1.29 is 4.74 Å². The van der Waals surface area contributed by atoms with Crippen molar-refractivity contribution in [1.82, 2.24) is 0 Å². The molecule has 0 radical (unpaired) electrons. The molecule has 0 saturated carbocycles. The lowest BCUT2D eigenvalue weighted by molar-refractivity contribution is 0.436. The summed E-state index contributed by atoms with van der Waals surface area (Å²) in [6.07, 6.45) is 0. The first-order chi connectivity index (χ1) is 41.7. The predicted molar refractivity (Wildman–Crippen MR) is 343 cm³/mol. The third-order valence-electron chi connectivity index (χ3n) is 19.1. The molecular weight excluding hydrogens is 1030 g/mol. The first-order valence-electron chi connectivity index (χ1n) is 29.1. The van der Waals surface area contributed by atoms with Gasteiger partial charge in [-0.3, -0.25) is 0 Å². The van der Waals surface area contributed by atoms with Crippen molar-refractivity contribution in [2.45, 2.75) is 26.0 Å². The summed E-state index contributed by atoms with van der Waals surface area (Å²) in [5.74, 6) is 1.76. The van der Waals surface area contributed by atoms with Gasteiger partial charge < -0.3 is 9.64 Å². The zero-order chi connectivity index (χ0) is 55.1.